The van der Waals surface area contributed by atoms with E-state index in [4.69, 9.17) is 0 Å². The second-order valence-corrected chi connectivity index (χ2v) is 7.11. The van der Waals surface area contributed by atoms with Gasteiger partial charge in [0.25, 0.3) is 5.91 Å². The van der Waals surface area contributed by atoms with Crippen molar-refractivity contribution in [3.8, 4) is 0 Å². The summed E-state index contributed by atoms with van der Waals surface area (Å²) in [5.41, 5.74) is 1.42. The summed E-state index contributed by atoms with van der Waals surface area (Å²) >= 11 is 0. The van der Waals surface area contributed by atoms with Gasteiger partial charge in [-0.1, -0.05) is 35.9 Å². The Morgan fingerprint density at radius 3 is 2.14 bits per heavy atom. The topological polar surface area (TPSA) is 63.2 Å². The van der Waals surface area contributed by atoms with Crippen molar-refractivity contribution in [2.24, 2.45) is 0 Å². The van der Waals surface area contributed by atoms with Gasteiger partial charge in [0.2, 0.25) is 0 Å². The van der Waals surface area contributed by atoms with Crippen LogP contribution in [-0.4, -0.2) is 19.7 Å². The molecule has 0 heterocycles. The molecule has 0 bridgehead atoms. The van der Waals surface area contributed by atoms with Gasteiger partial charge in [0.05, 0.1) is 4.90 Å². The fourth-order valence-electron chi connectivity index (χ4n) is 1.87. The van der Waals surface area contributed by atoms with Gasteiger partial charge in [0.15, 0.2) is 9.84 Å². The molecule has 1 N–H and O–H groups in total. The molecule has 4 nitrogen and oxygen atoms in total. The monoisotopic (exact) mass is 303 g/mol. The van der Waals surface area contributed by atoms with E-state index in [0.29, 0.717) is 5.56 Å². The molecule has 0 fully saturated rings. The summed E-state index contributed by atoms with van der Waals surface area (Å²) < 4.78 is 24.8. The Balaban J connectivity index is 2.17. The van der Waals surface area contributed by atoms with E-state index >= 15 is 0 Å². The Bertz CT molecular complexity index is 722. The van der Waals surface area contributed by atoms with Crippen LogP contribution in [0.2, 0.25) is 0 Å². The highest BCUT2D eigenvalue weighted by atomic mass is 32.2. The first-order valence-electron chi connectivity index (χ1n) is 6.58. The predicted molar refractivity (Wildman–Crippen MR) is 81.7 cm³/mol. The zero-order chi connectivity index (χ0) is 15.5. The van der Waals surface area contributed by atoms with Gasteiger partial charge in [-0.3, -0.25) is 4.79 Å². The van der Waals surface area contributed by atoms with E-state index in [1.54, 1.807) is 54.6 Å². The SMILES string of the molecule is Cc1ccc(S(=O)(=O)C(C)NC(=O)c2ccccc2)cc1. The lowest BCUT2D eigenvalue weighted by Crippen LogP contribution is -2.38. The van der Waals surface area contributed by atoms with Crippen LogP contribution < -0.4 is 5.32 Å². The Kier molecular flexibility index (Phi) is 4.43. The molecule has 21 heavy (non-hydrogen) atoms. The highest BCUT2D eigenvalue weighted by Gasteiger charge is 2.24. The molecular weight excluding hydrogens is 286 g/mol. The van der Waals surface area contributed by atoms with Gasteiger partial charge < -0.3 is 5.32 Å². The summed E-state index contributed by atoms with van der Waals surface area (Å²) in [6.45, 7) is 3.35. The van der Waals surface area contributed by atoms with Crippen molar-refractivity contribution < 1.29 is 13.2 Å². The van der Waals surface area contributed by atoms with Crippen molar-refractivity contribution in [3.63, 3.8) is 0 Å². The van der Waals surface area contributed by atoms with Gasteiger partial charge in [0.1, 0.15) is 5.37 Å². The number of sulfone groups is 1. The number of amides is 1. The van der Waals surface area contributed by atoms with Crippen molar-refractivity contribution in [2.45, 2.75) is 24.1 Å². The molecule has 2 aromatic carbocycles. The molecule has 2 aromatic rings. The average Bonchev–Trinajstić information content (AvgIpc) is 2.48. The smallest absolute Gasteiger partial charge is 0.252 e. The van der Waals surface area contributed by atoms with Crippen LogP contribution in [0.1, 0.15) is 22.8 Å². The quantitative estimate of drug-likeness (QED) is 0.944. The van der Waals surface area contributed by atoms with E-state index in [1.165, 1.54) is 6.92 Å². The van der Waals surface area contributed by atoms with E-state index in [1.807, 2.05) is 6.92 Å². The highest BCUT2D eigenvalue weighted by Crippen LogP contribution is 2.15. The zero-order valence-corrected chi connectivity index (χ0v) is 12.7. The maximum Gasteiger partial charge on any atom is 0.252 e. The first-order chi connectivity index (χ1) is 9.91. The second-order valence-electron chi connectivity index (χ2n) is 4.84. The third kappa shape index (κ3) is 3.49. The molecule has 0 radical (unpaired) electrons. The summed E-state index contributed by atoms with van der Waals surface area (Å²) in [6, 6.07) is 15.1. The highest BCUT2D eigenvalue weighted by molar-refractivity contribution is 7.92. The normalized spacial score (nSPS) is 12.7. The summed E-state index contributed by atoms with van der Waals surface area (Å²) in [5.74, 6) is -0.404. The molecule has 1 atom stereocenters. The minimum Gasteiger partial charge on any atom is -0.335 e. The average molecular weight is 303 g/mol. The van der Waals surface area contributed by atoms with Crippen LogP contribution in [0, 0.1) is 6.92 Å². The van der Waals surface area contributed by atoms with E-state index in [9.17, 15) is 13.2 Å². The lowest BCUT2D eigenvalue weighted by atomic mass is 10.2. The molecule has 0 aliphatic carbocycles. The summed E-state index contributed by atoms with van der Waals surface area (Å²) in [7, 11) is -3.59. The van der Waals surface area contributed by atoms with Crippen molar-refractivity contribution >= 4 is 15.7 Å². The number of carbonyl (C=O) groups is 1. The van der Waals surface area contributed by atoms with Crippen LogP contribution >= 0.6 is 0 Å². The van der Waals surface area contributed by atoms with Crippen molar-refractivity contribution in [3.05, 3.63) is 65.7 Å². The zero-order valence-electron chi connectivity index (χ0n) is 11.9. The van der Waals surface area contributed by atoms with Crippen LogP contribution in [-0.2, 0) is 9.84 Å². The second kappa shape index (κ2) is 6.10. The molecule has 0 aliphatic rings. The first-order valence-corrected chi connectivity index (χ1v) is 8.12. The lowest BCUT2D eigenvalue weighted by molar-refractivity contribution is 0.0950. The summed E-state index contributed by atoms with van der Waals surface area (Å²) in [6.07, 6.45) is 0. The number of hydrogen-bond donors (Lipinski definition) is 1. The van der Waals surface area contributed by atoms with Gasteiger partial charge >= 0.3 is 0 Å². The van der Waals surface area contributed by atoms with Gasteiger partial charge in [-0.2, -0.15) is 0 Å². The third-order valence-electron chi connectivity index (χ3n) is 3.19. The summed E-state index contributed by atoms with van der Waals surface area (Å²) in [4.78, 5) is 12.2. The maximum absolute atomic E-state index is 12.4. The van der Waals surface area contributed by atoms with Crippen LogP contribution in [0.4, 0.5) is 0 Å². The molecule has 1 unspecified atom stereocenters. The number of hydrogen-bond acceptors (Lipinski definition) is 3. The van der Waals surface area contributed by atoms with Crippen molar-refractivity contribution in [1.29, 1.82) is 0 Å². The molecular formula is C16H17NO3S. The Morgan fingerprint density at radius 2 is 1.57 bits per heavy atom. The van der Waals surface area contributed by atoms with Gasteiger partial charge in [0, 0.05) is 5.56 Å². The van der Waals surface area contributed by atoms with Crippen LogP contribution in [0.5, 0.6) is 0 Å². The van der Waals surface area contributed by atoms with Crippen LogP contribution in [0.3, 0.4) is 0 Å². The van der Waals surface area contributed by atoms with Gasteiger partial charge in [-0.15, -0.1) is 0 Å². The Hall–Kier alpha value is -2.14. The fraction of sp³-hybridized carbons (Fsp3) is 0.188. The predicted octanol–water partition coefficient (Wildman–Crippen LogP) is 2.54. The molecule has 0 aromatic heterocycles. The lowest BCUT2D eigenvalue weighted by Gasteiger charge is -2.15. The third-order valence-corrected chi connectivity index (χ3v) is 5.16. The number of nitrogens with one attached hydrogen (secondary N) is 1. The molecule has 5 heteroatoms. The Morgan fingerprint density at radius 1 is 1.00 bits per heavy atom. The van der Waals surface area contributed by atoms with Gasteiger partial charge in [-0.05, 0) is 38.1 Å². The van der Waals surface area contributed by atoms with E-state index < -0.39 is 21.1 Å². The number of rotatable bonds is 4. The van der Waals surface area contributed by atoms with Crippen LogP contribution in [0.25, 0.3) is 0 Å². The number of benzene rings is 2. The van der Waals surface area contributed by atoms with E-state index in [2.05, 4.69) is 5.32 Å². The summed E-state index contributed by atoms with van der Waals surface area (Å²) in [5, 5.41) is 1.53. The molecule has 0 aliphatic heterocycles. The molecule has 1 amide bonds. The maximum atomic E-state index is 12.4. The van der Waals surface area contributed by atoms with Crippen molar-refractivity contribution in [1.82, 2.24) is 5.32 Å². The van der Waals surface area contributed by atoms with Gasteiger partial charge in [-0.25, -0.2) is 8.42 Å². The standard InChI is InChI=1S/C16H17NO3S/c1-12-8-10-15(11-9-12)21(19,20)13(2)17-16(18)14-6-4-3-5-7-14/h3-11,13H,1-2H3,(H,17,18). The number of carbonyl (C=O) groups excluding carboxylic acids is 1. The Labute approximate surface area is 124 Å². The number of aryl methyl sites for hydroxylation is 1. The molecule has 2 rings (SSSR count). The molecule has 0 saturated carbocycles. The fourth-order valence-corrected chi connectivity index (χ4v) is 3.05. The first kappa shape index (κ1) is 15.3. The largest absolute Gasteiger partial charge is 0.335 e. The molecule has 0 saturated heterocycles. The molecule has 0 spiro atoms. The van der Waals surface area contributed by atoms with E-state index in [0.717, 1.165) is 5.56 Å². The van der Waals surface area contributed by atoms with E-state index in [-0.39, 0.29) is 4.90 Å². The van der Waals surface area contributed by atoms with Crippen LogP contribution in [0.15, 0.2) is 59.5 Å². The molecule has 110 valence electrons. The van der Waals surface area contributed by atoms with Crippen molar-refractivity contribution in [2.75, 3.05) is 0 Å². The minimum atomic E-state index is -3.59. The minimum absolute atomic E-state index is 0.203.